The van der Waals surface area contributed by atoms with E-state index in [1.165, 1.54) is 48.7 Å². The van der Waals surface area contributed by atoms with E-state index < -0.39 is 0 Å². The maximum atomic E-state index is 15.8. The number of aromatic nitrogens is 4. The van der Waals surface area contributed by atoms with Gasteiger partial charge in [0.2, 0.25) is 0 Å². The van der Waals surface area contributed by atoms with Crippen LogP contribution in [-0.4, -0.2) is 45.5 Å². The minimum atomic E-state index is -0.242. The molecule has 9 aromatic carbocycles. The van der Waals surface area contributed by atoms with E-state index in [4.69, 9.17) is 0 Å². The number of para-hydroxylation sites is 3. The maximum Gasteiger partial charge on any atom is 0.252 e. The Kier molecular flexibility index (Phi) is 9.72. The van der Waals surface area contributed by atoms with Crippen molar-refractivity contribution in [2.45, 2.75) is 27.7 Å². The minimum absolute atomic E-state index is 0.0118. The first-order valence-corrected chi connectivity index (χ1v) is 27.9. The first kappa shape index (κ1) is 47.3. The highest BCUT2D eigenvalue weighted by atomic mass is 19.1. The zero-order chi connectivity index (χ0) is 55.2. The van der Waals surface area contributed by atoms with E-state index in [1.807, 2.05) is 33.9 Å². The third-order valence-electron chi connectivity index (χ3n) is 17.9. The van der Waals surface area contributed by atoms with Crippen LogP contribution < -0.4 is 42.0 Å². The fraction of sp³-hybridized carbons (Fsp3) is 0.0857. The van der Waals surface area contributed by atoms with Crippen LogP contribution in [0.15, 0.2) is 224 Å². The van der Waals surface area contributed by atoms with Gasteiger partial charge in [-0.1, -0.05) is 130 Å². The number of imidazole rings is 2. The summed E-state index contributed by atoms with van der Waals surface area (Å²) in [6, 6.07) is 57.0. The van der Waals surface area contributed by atoms with E-state index in [1.54, 1.807) is 24.3 Å². The van der Waals surface area contributed by atoms with Gasteiger partial charge >= 0.3 is 0 Å². The van der Waals surface area contributed by atoms with Crippen molar-refractivity contribution < 1.29 is 8.78 Å². The van der Waals surface area contributed by atoms with Crippen molar-refractivity contribution in [1.82, 2.24) is 17.9 Å². The summed E-state index contributed by atoms with van der Waals surface area (Å²) in [5.41, 5.74) is 24.8. The fourth-order valence-corrected chi connectivity index (χ4v) is 14.7. The topological polar surface area (TPSA) is 28.4 Å². The van der Waals surface area contributed by atoms with Gasteiger partial charge in [-0.25, -0.2) is 8.78 Å². The standard InChI is InChI=1S/C36H24BFN4.C32H23BFN3.C2H6/c1-20(2)14-32-39(3)27-12-6-10-25-35(27)41(32)30-18-24(38)19-31-34(30)37(25)26-11-7-13-28-36(26)42(31)33-17-23-15-21-8-4-5-9-22(21)16-29(23)40(28)33;1-5-18(2)30-19(3)35(4)27-16-23(34)17-28-31(27)33(30)24-11-8-12-25-32(24)37(28)29-15-22-13-20-9-6-7-10-21(20)14-26(22)36(25)29;1-2/h4-19H,1H2,2-3H3;5-17H,1-2H2,3-4H3;1-2H3/b32-14+;;. The molecule has 0 amide bonds. The molecule has 0 atom stereocenters. The van der Waals surface area contributed by atoms with Crippen LogP contribution in [0.2, 0.25) is 0 Å². The molecule has 13 aromatic rings. The fourth-order valence-electron chi connectivity index (χ4n) is 14.7. The van der Waals surface area contributed by atoms with E-state index >= 15 is 8.78 Å². The molecule has 0 unspecified atom stereocenters. The van der Waals surface area contributed by atoms with Crippen LogP contribution in [0, 0.1) is 11.6 Å². The molecule has 11 heteroatoms. The van der Waals surface area contributed by atoms with Gasteiger partial charge in [-0.05, 0) is 159 Å². The Labute approximate surface area is 467 Å². The van der Waals surface area contributed by atoms with Crippen LogP contribution in [0.3, 0.4) is 0 Å². The first-order valence-electron chi connectivity index (χ1n) is 27.9. The second-order valence-corrected chi connectivity index (χ2v) is 22.1. The molecule has 0 saturated carbocycles. The third-order valence-corrected chi connectivity index (χ3v) is 17.9. The summed E-state index contributed by atoms with van der Waals surface area (Å²) >= 11 is 0. The van der Waals surface area contributed by atoms with Crippen LogP contribution in [0.5, 0.6) is 0 Å². The lowest BCUT2D eigenvalue weighted by atomic mass is 9.32. The summed E-state index contributed by atoms with van der Waals surface area (Å²) in [7, 11) is 4.09. The lowest BCUT2D eigenvalue weighted by molar-refractivity contribution is 0.626. The number of benzene rings is 9. The molecule has 7 nitrogen and oxygen atoms in total. The number of hydrogen-bond acceptors (Lipinski definition) is 3. The second-order valence-electron chi connectivity index (χ2n) is 22.1. The number of rotatable bonds is 3. The third kappa shape index (κ3) is 6.07. The molecule has 9 heterocycles. The molecule has 0 fully saturated rings. The van der Waals surface area contributed by atoms with Gasteiger partial charge in [0.1, 0.15) is 28.7 Å². The van der Waals surface area contributed by atoms with Gasteiger partial charge in [-0.15, -0.1) is 0 Å². The van der Waals surface area contributed by atoms with E-state index in [0.717, 1.165) is 118 Å². The molecule has 5 aliphatic heterocycles. The number of fused-ring (bicyclic) bond motifs is 18. The van der Waals surface area contributed by atoms with Gasteiger partial charge in [-0.3, -0.25) is 22.8 Å². The van der Waals surface area contributed by atoms with Gasteiger partial charge < -0.3 is 9.80 Å². The molecule has 0 spiro atoms. The van der Waals surface area contributed by atoms with Gasteiger partial charge in [-0.2, -0.15) is 0 Å². The predicted octanol–water partition coefficient (Wildman–Crippen LogP) is 13.8. The number of hydrogen-bond donors (Lipinski definition) is 0. The predicted molar refractivity (Wildman–Crippen MR) is 340 cm³/mol. The Balaban J connectivity index is 0.000000131. The zero-order valence-electron chi connectivity index (χ0n) is 45.9. The lowest BCUT2D eigenvalue weighted by Crippen LogP contribution is -2.60. The van der Waals surface area contributed by atoms with Crippen molar-refractivity contribution in [3.05, 3.63) is 235 Å². The quantitative estimate of drug-likeness (QED) is 0.130. The van der Waals surface area contributed by atoms with Crippen molar-refractivity contribution in [1.29, 1.82) is 0 Å². The average Bonchev–Trinajstić information content (AvgIpc) is 3.02. The highest BCUT2D eigenvalue weighted by molar-refractivity contribution is 7.00. The first-order chi connectivity index (χ1) is 39.5. The number of anilines is 4. The molecular weight excluding hydrogens is 998 g/mol. The van der Waals surface area contributed by atoms with E-state index in [0.29, 0.717) is 0 Å². The van der Waals surface area contributed by atoms with Gasteiger partial charge in [0, 0.05) is 53.3 Å². The molecule has 0 radical (unpaired) electrons. The summed E-state index contributed by atoms with van der Waals surface area (Å²) in [6.45, 7) is 20.6. The number of halogens is 2. The summed E-state index contributed by atoms with van der Waals surface area (Å²) < 4.78 is 40.4. The molecule has 388 valence electrons. The van der Waals surface area contributed by atoms with Gasteiger partial charge in [0.25, 0.3) is 13.4 Å². The smallest absolute Gasteiger partial charge is 0.252 e. The molecule has 0 aliphatic carbocycles. The molecule has 0 saturated heterocycles. The molecule has 18 rings (SSSR count). The van der Waals surface area contributed by atoms with Crippen molar-refractivity contribution in [2.75, 3.05) is 28.8 Å². The van der Waals surface area contributed by atoms with Crippen LogP contribution in [0.25, 0.3) is 88.1 Å². The number of nitrogens with zero attached hydrogens (tertiary/aromatic N) is 7. The SMILES string of the molecule is C=C(C)/C=C1\N(C)c2cccc3c2N1c1cc(F)cc2c1B3c1cccc3c1n-2c1cc2cc4ccccc4cc2n31.C=CC(=C)C1=C(C)N(C)c2cc(F)cc3c2B1c1cccc2c1n-3c1cc3cc4ccccc4cc3n21.CC. The Morgan fingerprint density at radius 1 is 0.494 bits per heavy atom. The Hall–Kier alpha value is -9.73. The minimum Gasteiger partial charge on any atom is -0.349 e. The highest BCUT2D eigenvalue weighted by Crippen LogP contribution is 2.49. The van der Waals surface area contributed by atoms with Crippen LogP contribution >= 0.6 is 0 Å². The molecule has 5 aliphatic rings. The highest BCUT2D eigenvalue weighted by Gasteiger charge is 2.47. The number of allylic oxidation sites excluding steroid dienone is 6. The molecule has 81 heavy (non-hydrogen) atoms. The van der Waals surface area contributed by atoms with E-state index in [9.17, 15) is 0 Å². The molecular formula is C70H53B2F2N7. The lowest BCUT2D eigenvalue weighted by Gasteiger charge is -2.39. The molecule has 0 bridgehead atoms. The van der Waals surface area contributed by atoms with Gasteiger partial charge in [0.05, 0.1) is 44.5 Å². The summed E-state index contributed by atoms with van der Waals surface area (Å²) in [5, 5.41) is 7.19. The van der Waals surface area contributed by atoms with Crippen LogP contribution in [0.4, 0.5) is 31.5 Å². The zero-order valence-corrected chi connectivity index (χ0v) is 45.9. The van der Waals surface area contributed by atoms with Crippen molar-refractivity contribution in [3.63, 3.8) is 0 Å². The molecule has 4 aromatic heterocycles. The van der Waals surface area contributed by atoms with Gasteiger partial charge in [0.15, 0.2) is 0 Å². The average molecular weight is 1050 g/mol. The molecule has 0 N–H and O–H groups in total. The summed E-state index contributed by atoms with van der Waals surface area (Å²) in [6.07, 6.45) is 3.92. The van der Waals surface area contributed by atoms with Crippen LogP contribution in [-0.2, 0) is 0 Å². The summed E-state index contributed by atoms with van der Waals surface area (Å²) in [5.74, 6) is 0.506. The largest absolute Gasteiger partial charge is 0.349 e. The second kappa shape index (κ2) is 16.7. The Morgan fingerprint density at radius 3 is 1.52 bits per heavy atom. The van der Waals surface area contributed by atoms with E-state index in [2.05, 4.69) is 212 Å². The van der Waals surface area contributed by atoms with E-state index in [-0.39, 0.29) is 25.1 Å². The van der Waals surface area contributed by atoms with Crippen molar-refractivity contribution in [2.24, 2.45) is 0 Å². The Bertz CT molecular complexity index is 5160. The summed E-state index contributed by atoms with van der Waals surface area (Å²) in [4.78, 5) is 6.53. The van der Waals surface area contributed by atoms with Crippen molar-refractivity contribution >= 4 is 140 Å². The normalized spacial score (nSPS) is 14.7. The monoisotopic (exact) mass is 1050 g/mol. The van der Waals surface area contributed by atoms with Crippen molar-refractivity contribution in [3.8, 4) is 11.4 Å². The van der Waals surface area contributed by atoms with Crippen LogP contribution in [0.1, 0.15) is 27.7 Å². The Morgan fingerprint density at radius 2 is 0.975 bits per heavy atom. The maximum absolute atomic E-state index is 15.8.